The van der Waals surface area contributed by atoms with Crippen molar-refractivity contribution in [2.75, 3.05) is 43.4 Å². The predicted molar refractivity (Wildman–Crippen MR) is 106 cm³/mol. The summed E-state index contributed by atoms with van der Waals surface area (Å²) >= 11 is 0. The molecule has 5 rings (SSSR count). The molecule has 1 aromatic carbocycles. The maximum absolute atomic E-state index is 12.8. The molecule has 0 bridgehead atoms. The van der Waals surface area contributed by atoms with Crippen LogP contribution in [0.4, 0.5) is 11.4 Å². The third-order valence-corrected chi connectivity index (χ3v) is 7.13. The first-order chi connectivity index (χ1) is 13.2. The van der Waals surface area contributed by atoms with Crippen LogP contribution < -0.4 is 16.0 Å². The summed E-state index contributed by atoms with van der Waals surface area (Å²) in [6, 6.07) is 8.59. The summed E-state index contributed by atoms with van der Waals surface area (Å²) in [4.78, 5) is 15.5. The number of nitrogens with one attached hydrogen (secondary N) is 3. The molecule has 4 aliphatic heterocycles. The van der Waals surface area contributed by atoms with Gasteiger partial charge in [-0.05, 0) is 63.7 Å². The maximum Gasteiger partial charge on any atom is 0.250 e. The van der Waals surface area contributed by atoms with E-state index in [0.717, 1.165) is 82.7 Å². The molecule has 1 unspecified atom stereocenters. The standard InChI is InChI=1S/C21H30N4O2/c26-19-21(24-18-4-2-1-3-17(18)23-19)8-12-25(13-9-21)16-5-14-27-20(15-16)6-10-22-11-7-20/h1-4,16,22,24H,5-15H2,(H,23,26). The summed E-state index contributed by atoms with van der Waals surface area (Å²) in [6.45, 7) is 4.96. The van der Waals surface area contributed by atoms with Crippen molar-refractivity contribution < 1.29 is 9.53 Å². The zero-order chi connectivity index (χ0) is 18.3. The van der Waals surface area contributed by atoms with E-state index in [9.17, 15) is 4.79 Å². The number of piperidine rings is 2. The number of carbonyl (C=O) groups is 1. The lowest BCUT2D eigenvalue weighted by Gasteiger charge is -2.50. The summed E-state index contributed by atoms with van der Waals surface area (Å²) in [5.74, 6) is 0.127. The zero-order valence-electron chi connectivity index (χ0n) is 15.9. The van der Waals surface area contributed by atoms with Crippen LogP contribution in [0.3, 0.4) is 0 Å². The highest BCUT2D eigenvalue weighted by Crippen LogP contribution is 2.39. The van der Waals surface area contributed by atoms with Crippen molar-refractivity contribution in [3.63, 3.8) is 0 Å². The largest absolute Gasteiger partial charge is 0.375 e. The van der Waals surface area contributed by atoms with E-state index < -0.39 is 5.54 Å². The van der Waals surface area contributed by atoms with Crippen LogP contribution in [0.1, 0.15) is 38.5 Å². The molecule has 4 aliphatic rings. The third kappa shape index (κ3) is 3.13. The average molecular weight is 370 g/mol. The Morgan fingerprint density at radius 2 is 1.78 bits per heavy atom. The molecule has 0 saturated carbocycles. The number of rotatable bonds is 1. The van der Waals surface area contributed by atoms with Crippen molar-refractivity contribution in [2.24, 2.45) is 0 Å². The highest BCUT2D eigenvalue weighted by atomic mass is 16.5. The highest BCUT2D eigenvalue weighted by molar-refractivity contribution is 6.06. The number of amides is 1. The van der Waals surface area contributed by atoms with Crippen molar-refractivity contribution in [2.45, 2.75) is 55.7 Å². The summed E-state index contributed by atoms with van der Waals surface area (Å²) < 4.78 is 6.25. The second-order valence-corrected chi connectivity index (χ2v) is 8.67. The molecule has 1 amide bonds. The molecule has 1 atom stereocenters. The van der Waals surface area contributed by atoms with E-state index in [2.05, 4.69) is 26.9 Å². The van der Waals surface area contributed by atoms with Gasteiger partial charge in [0.05, 0.1) is 17.0 Å². The summed E-state index contributed by atoms with van der Waals surface area (Å²) in [7, 11) is 0. The number of hydrogen-bond acceptors (Lipinski definition) is 5. The molecule has 146 valence electrons. The smallest absolute Gasteiger partial charge is 0.250 e. The molecule has 27 heavy (non-hydrogen) atoms. The number of benzene rings is 1. The number of hydrogen-bond donors (Lipinski definition) is 3. The second-order valence-electron chi connectivity index (χ2n) is 8.67. The van der Waals surface area contributed by atoms with Gasteiger partial charge in [0.1, 0.15) is 5.54 Å². The van der Waals surface area contributed by atoms with Crippen molar-refractivity contribution >= 4 is 17.3 Å². The SMILES string of the molecule is O=C1Nc2ccccc2NC12CCN(C1CCOC3(CCNCC3)C1)CC2. The van der Waals surface area contributed by atoms with Gasteiger partial charge in [-0.3, -0.25) is 9.69 Å². The minimum Gasteiger partial charge on any atom is -0.375 e. The molecule has 3 N–H and O–H groups in total. The lowest BCUT2D eigenvalue weighted by molar-refractivity contribution is -0.129. The van der Waals surface area contributed by atoms with Crippen molar-refractivity contribution in [1.29, 1.82) is 0 Å². The number of ether oxygens (including phenoxy) is 1. The molecule has 0 aromatic heterocycles. The number of fused-ring (bicyclic) bond motifs is 1. The Balaban J connectivity index is 1.26. The van der Waals surface area contributed by atoms with E-state index in [1.807, 2.05) is 18.2 Å². The topological polar surface area (TPSA) is 65.6 Å². The fraction of sp³-hybridized carbons (Fsp3) is 0.667. The summed E-state index contributed by atoms with van der Waals surface area (Å²) in [5, 5.41) is 10.1. The average Bonchev–Trinajstić information content (AvgIpc) is 2.70. The van der Waals surface area contributed by atoms with Gasteiger partial charge >= 0.3 is 0 Å². The Morgan fingerprint density at radius 1 is 1.04 bits per heavy atom. The fourth-order valence-corrected chi connectivity index (χ4v) is 5.42. The molecule has 4 heterocycles. The Kier molecular flexibility index (Phi) is 4.37. The maximum atomic E-state index is 12.8. The lowest BCUT2D eigenvalue weighted by atomic mass is 9.80. The normalized spacial score (nSPS) is 29.8. The van der Waals surface area contributed by atoms with Gasteiger partial charge in [-0.1, -0.05) is 12.1 Å². The van der Waals surface area contributed by atoms with E-state index in [-0.39, 0.29) is 11.5 Å². The van der Waals surface area contributed by atoms with Crippen LogP contribution in [-0.2, 0) is 9.53 Å². The van der Waals surface area contributed by atoms with Gasteiger partial charge < -0.3 is 20.7 Å². The van der Waals surface area contributed by atoms with Crippen LogP contribution in [0.2, 0.25) is 0 Å². The van der Waals surface area contributed by atoms with E-state index >= 15 is 0 Å². The van der Waals surface area contributed by atoms with Crippen LogP contribution in [0.5, 0.6) is 0 Å². The number of likely N-dealkylation sites (tertiary alicyclic amines) is 1. The van der Waals surface area contributed by atoms with Gasteiger partial charge in [0.2, 0.25) is 5.91 Å². The van der Waals surface area contributed by atoms with Gasteiger partial charge in [0.15, 0.2) is 0 Å². The molecule has 6 nitrogen and oxygen atoms in total. The Labute approximate surface area is 161 Å². The van der Waals surface area contributed by atoms with E-state index in [4.69, 9.17) is 4.74 Å². The number of carbonyl (C=O) groups excluding carboxylic acids is 1. The first-order valence-corrected chi connectivity index (χ1v) is 10.5. The lowest BCUT2D eigenvalue weighted by Crippen LogP contribution is -2.61. The van der Waals surface area contributed by atoms with Crippen molar-refractivity contribution in [3.05, 3.63) is 24.3 Å². The van der Waals surface area contributed by atoms with Crippen LogP contribution in [-0.4, -0.2) is 60.8 Å². The monoisotopic (exact) mass is 370 g/mol. The number of anilines is 2. The molecular weight excluding hydrogens is 340 g/mol. The zero-order valence-corrected chi connectivity index (χ0v) is 15.9. The minimum atomic E-state index is -0.456. The number of nitrogens with zero attached hydrogens (tertiary/aromatic N) is 1. The summed E-state index contributed by atoms with van der Waals surface area (Å²) in [5.41, 5.74) is 1.57. The van der Waals surface area contributed by atoms with Gasteiger partial charge in [-0.25, -0.2) is 0 Å². The van der Waals surface area contributed by atoms with Crippen LogP contribution in [0.15, 0.2) is 24.3 Å². The molecule has 3 saturated heterocycles. The Morgan fingerprint density at radius 3 is 2.56 bits per heavy atom. The Bertz CT molecular complexity index is 702. The first-order valence-electron chi connectivity index (χ1n) is 10.5. The third-order valence-electron chi connectivity index (χ3n) is 7.13. The van der Waals surface area contributed by atoms with E-state index in [1.54, 1.807) is 0 Å². The van der Waals surface area contributed by atoms with Gasteiger partial charge in [-0.2, -0.15) is 0 Å². The Hall–Kier alpha value is -1.63. The van der Waals surface area contributed by atoms with Crippen molar-refractivity contribution in [3.8, 4) is 0 Å². The molecule has 1 aromatic rings. The minimum absolute atomic E-state index is 0.0860. The molecule has 0 radical (unpaired) electrons. The first kappa shape index (κ1) is 17.5. The molecular formula is C21H30N4O2. The molecule has 2 spiro atoms. The van der Waals surface area contributed by atoms with Crippen LogP contribution >= 0.6 is 0 Å². The predicted octanol–water partition coefficient (Wildman–Crippen LogP) is 2.19. The molecule has 3 fully saturated rings. The van der Waals surface area contributed by atoms with Crippen LogP contribution in [0, 0.1) is 0 Å². The fourth-order valence-electron chi connectivity index (χ4n) is 5.42. The molecule has 6 heteroatoms. The van der Waals surface area contributed by atoms with Crippen molar-refractivity contribution in [1.82, 2.24) is 10.2 Å². The van der Waals surface area contributed by atoms with Gasteiger partial charge in [0.25, 0.3) is 0 Å². The van der Waals surface area contributed by atoms with Gasteiger partial charge in [0, 0.05) is 25.7 Å². The molecule has 0 aliphatic carbocycles. The summed E-state index contributed by atoms with van der Waals surface area (Å²) in [6.07, 6.45) is 6.23. The van der Waals surface area contributed by atoms with E-state index in [0.29, 0.717) is 6.04 Å². The van der Waals surface area contributed by atoms with Gasteiger partial charge in [-0.15, -0.1) is 0 Å². The second kappa shape index (κ2) is 6.76. The van der Waals surface area contributed by atoms with E-state index in [1.165, 1.54) is 0 Å². The quantitative estimate of drug-likeness (QED) is 0.707. The number of para-hydroxylation sites is 2. The van der Waals surface area contributed by atoms with Crippen LogP contribution in [0.25, 0.3) is 0 Å². The highest BCUT2D eigenvalue weighted by Gasteiger charge is 2.47.